The Balaban J connectivity index is 1.46. The van der Waals surface area contributed by atoms with Crippen molar-refractivity contribution in [1.82, 2.24) is 20.6 Å². The van der Waals surface area contributed by atoms with Gasteiger partial charge in [-0.15, -0.1) is 0 Å². The maximum Gasteiger partial charge on any atom is 0.225 e. The molecule has 21 heavy (non-hydrogen) atoms. The Labute approximate surface area is 125 Å². The molecule has 0 unspecified atom stereocenters. The molecular formula is C15H23N5O. The van der Waals surface area contributed by atoms with Crippen molar-refractivity contribution in [3.8, 4) is 0 Å². The lowest BCUT2D eigenvalue weighted by Crippen LogP contribution is -2.48. The Morgan fingerprint density at radius 3 is 2.67 bits per heavy atom. The molecule has 1 aromatic heterocycles. The number of nitrogens with zero attached hydrogens (tertiary/aromatic N) is 3. The molecule has 2 fully saturated rings. The van der Waals surface area contributed by atoms with Crippen LogP contribution in [0, 0.1) is 5.92 Å². The number of rotatable bonds is 3. The maximum atomic E-state index is 12.2. The number of carbonyl (C=O) groups excluding carboxylic acids is 1. The van der Waals surface area contributed by atoms with Gasteiger partial charge in [-0.25, -0.2) is 9.97 Å². The summed E-state index contributed by atoms with van der Waals surface area (Å²) in [6.45, 7) is 3.66. The highest BCUT2D eigenvalue weighted by Crippen LogP contribution is 2.17. The van der Waals surface area contributed by atoms with Crippen LogP contribution in [-0.2, 0) is 4.79 Å². The van der Waals surface area contributed by atoms with Gasteiger partial charge < -0.3 is 15.5 Å². The van der Waals surface area contributed by atoms with Gasteiger partial charge in [0.05, 0.1) is 5.92 Å². The molecule has 1 atom stereocenters. The Morgan fingerprint density at radius 1 is 1.24 bits per heavy atom. The van der Waals surface area contributed by atoms with Crippen molar-refractivity contribution in [2.24, 2.45) is 5.92 Å². The summed E-state index contributed by atoms with van der Waals surface area (Å²) in [6.07, 6.45) is 7.57. The summed E-state index contributed by atoms with van der Waals surface area (Å²) in [7, 11) is 0. The topological polar surface area (TPSA) is 70.2 Å². The van der Waals surface area contributed by atoms with Crippen molar-refractivity contribution in [3.05, 3.63) is 18.5 Å². The van der Waals surface area contributed by atoms with Gasteiger partial charge in [-0.05, 0) is 38.3 Å². The van der Waals surface area contributed by atoms with E-state index in [0.29, 0.717) is 6.04 Å². The first kappa shape index (κ1) is 14.3. The van der Waals surface area contributed by atoms with Gasteiger partial charge in [0.1, 0.15) is 0 Å². The molecule has 0 aromatic carbocycles. The minimum absolute atomic E-state index is 0.147. The molecule has 2 N–H and O–H groups in total. The average molecular weight is 289 g/mol. The quantitative estimate of drug-likeness (QED) is 0.851. The average Bonchev–Trinajstić information content (AvgIpc) is 2.57. The van der Waals surface area contributed by atoms with Crippen molar-refractivity contribution < 1.29 is 4.79 Å². The van der Waals surface area contributed by atoms with E-state index in [2.05, 4.69) is 25.5 Å². The van der Waals surface area contributed by atoms with Crippen LogP contribution in [-0.4, -0.2) is 48.1 Å². The fraction of sp³-hybridized carbons (Fsp3) is 0.667. The first-order chi connectivity index (χ1) is 10.3. The summed E-state index contributed by atoms with van der Waals surface area (Å²) in [5, 5.41) is 6.51. The molecule has 1 aromatic rings. The second kappa shape index (κ2) is 6.85. The number of aromatic nitrogens is 2. The molecular weight excluding hydrogens is 266 g/mol. The SMILES string of the molecule is O=C(NC1CCN(c2ncccn2)CC1)[C@@H]1CCCNC1. The monoisotopic (exact) mass is 289 g/mol. The molecule has 1 amide bonds. The lowest BCUT2D eigenvalue weighted by Gasteiger charge is -2.33. The van der Waals surface area contributed by atoms with Gasteiger partial charge in [-0.2, -0.15) is 0 Å². The molecule has 6 nitrogen and oxygen atoms in total. The Kier molecular flexibility index (Phi) is 4.65. The Bertz CT molecular complexity index is 452. The molecule has 0 radical (unpaired) electrons. The highest BCUT2D eigenvalue weighted by atomic mass is 16.2. The third kappa shape index (κ3) is 3.69. The number of hydrogen-bond acceptors (Lipinski definition) is 5. The van der Waals surface area contributed by atoms with E-state index in [1.807, 2.05) is 6.07 Å². The summed E-state index contributed by atoms with van der Waals surface area (Å²) in [6, 6.07) is 2.12. The van der Waals surface area contributed by atoms with Crippen LogP contribution in [0.25, 0.3) is 0 Å². The third-order valence-corrected chi connectivity index (χ3v) is 4.34. The minimum atomic E-state index is 0.147. The summed E-state index contributed by atoms with van der Waals surface area (Å²) in [5.74, 6) is 1.16. The van der Waals surface area contributed by atoms with Crippen LogP contribution >= 0.6 is 0 Å². The highest BCUT2D eigenvalue weighted by molar-refractivity contribution is 5.79. The molecule has 6 heteroatoms. The molecule has 2 aliphatic rings. The number of hydrogen-bond donors (Lipinski definition) is 2. The molecule has 0 saturated carbocycles. The molecule has 0 spiro atoms. The summed E-state index contributed by atoms with van der Waals surface area (Å²) < 4.78 is 0. The maximum absolute atomic E-state index is 12.2. The number of nitrogens with one attached hydrogen (secondary N) is 2. The van der Waals surface area contributed by atoms with Crippen LogP contribution in [0.3, 0.4) is 0 Å². The summed E-state index contributed by atoms with van der Waals surface area (Å²) in [5.41, 5.74) is 0. The zero-order valence-corrected chi connectivity index (χ0v) is 12.3. The van der Waals surface area contributed by atoms with Crippen LogP contribution < -0.4 is 15.5 Å². The van der Waals surface area contributed by atoms with Crippen LogP contribution in [0.15, 0.2) is 18.5 Å². The lowest BCUT2D eigenvalue weighted by molar-refractivity contribution is -0.126. The van der Waals surface area contributed by atoms with Crippen molar-refractivity contribution in [1.29, 1.82) is 0 Å². The minimum Gasteiger partial charge on any atom is -0.353 e. The van der Waals surface area contributed by atoms with Crippen molar-refractivity contribution in [3.63, 3.8) is 0 Å². The van der Waals surface area contributed by atoms with E-state index in [-0.39, 0.29) is 11.8 Å². The van der Waals surface area contributed by atoms with Crippen LogP contribution in [0.2, 0.25) is 0 Å². The van der Waals surface area contributed by atoms with E-state index in [4.69, 9.17) is 0 Å². The van der Waals surface area contributed by atoms with Crippen LogP contribution in [0.1, 0.15) is 25.7 Å². The van der Waals surface area contributed by atoms with Crippen LogP contribution in [0.4, 0.5) is 5.95 Å². The normalized spacial score (nSPS) is 23.8. The molecule has 0 aliphatic carbocycles. The zero-order valence-electron chi connectivity index (χ0n) is 12.3. The van der Waals surface area contributed by atoms with E-state index >= 15 is 0 Å². The Morgan fingerprint density at radius 2 is 2.00 bits per heavy atom. The number of amides is 1. The molecule has 2 saturated heterocycles. The molecule has 3 heterocycles. The standard InChI is InChI=1S/C15H23N5O/c21-14(12-3-1-6-16-11-12)19-13-4-9-20(10-5-13)15-17-7-2-8-18-15/h2,7-8,12-13,16H,1,3-6,9-11H2,(H,19,21)/t12-/m1/s1. The fourth-order valence-corrected chi connectivity index (χ4v) is 3.07. The van der Waals surface area contributed by atoms with E-state index in [1.165, 1.54) is 0 Å². The van der Waals surface area contributed by atoms with E-state index in [0.717, 1.165) is 57.8 Å². The molecule has 0 bridgehead atoms. The van der Waals surface area contributed by atoms with Gasteiger partial charge in [0.25, 0.3) is 0 Å². The predicted molar refractivity (Wildman–Crippen MR) is 81.0 cm³/mol. The number of piperidine rings is 2. The first-order valence-corrected chi connectivity index (χ1v) is 7.86. The second-order valence-electron chi connectivity index (χ2n) is 5.86. The summed E-state index contributed by atoms with van der Waals surface area (Å²) >= 11 is 0. The van der Waals surface area contributed by atoms with Crippen molar-refractivity contribution >= 4 is 11.9 Å². The molecule has 3 rings (SSSR count). The van der Waals surface area contributed by atoms with E-state index < -0.39 is 0 Å². The smallest absolute Gasteiger partial charge is 0.225 e. The third-order valence-electron chi connectivity index (χ3n) is 4.34. The predicted octanol–water partition coefficient (Wildman–Crippen LogP) is 0.561. The first-order valence-electron chi connectivity index (χ1n) is 7.86. The Hall–Kier alpha value is -1.69. The highest BCUT2D eigenvalue weighted by Gasteiger charge is 2.26. The fourth-order valence-electron chi connectivity index (χ4n) is 3.07. The lowest BCUT2D eigenvalue weighted by atomic mass is 9.97. The van der Waals surface area contributed by atoms with Gasteiger partial charge in [0.15, 0.2) is 0 Å². The van der Waals surface area contributed by atoms with Gasteiger partial charge in [0.2, 0.25) is 11.9 Å². The van der Waals surface area contributed by atoms with E-state index in [9.17, 15) is 4.79 Å². The number of anilines is 1. The van der Waals surface area contributed by atoms with Gasteiger partial charge >= 0.3 is 0 Å². The van der Waals surface area contributed by atoms with Crippen molar-refractivity contribution in [2.75, 3.05) is 31.1 Å². The van der Waals surface area contributed by atoms with Gasteiger partial charge in [-0.3, -0.25) is 4.79 Å². The van der Waals surface area contributed by atoms with Gasteiger partial charge in [-0.1, -0.05) is 0 Å². The van der Waals surface area contributed by atoms with E-state index in [1.54, 1.807) is 12.4 Å². The summed E-state index contributed by atoms with van der Waals surface area (Å²) in [4.78, 5) is 23.0. The second-order valence-corrected chi connectivity index (χ2v) is 5.86. The molecule has 114 valence electrons. The van der Waals surface area contributed by atoms with Crippen LogP contribution in [0.5, 0.6) is 0 Å². The molecule has 2 aliphatic heterocycles. The van der Waals surface area contributed by atoms with Gasteiger partial charge in [0, 0.05) is 38.1 Å². The zero-order chi connectivity index (χ0) is 14.5. The van der Waals surface area contributed by atoms with Crippen molar-refractivity contribution in [2.45, 2.75) is 31.7 Å². The largest absolute Gasteiger partial charge is 0.353 e. The number of carbonyl (C=O) groups is 1.